The molecule has 4 rings (SSSR count). The van der Waals surface area contributed by atoms with Gasteiger partial charge in [0.1, 0.15) is 6.33 Å². The van der Waals surface area contributed by atoms with Gasteiger partial charge in [0, 0.05) is 25.4 Å². The fourth-order valence-electron chi connectivity index (χ4n) is 2.70. The molecule has 0 saturated heterocycles. The molecule has 0 aliphatic rings. The van der Waals surface area contributed by atoms with Crippen molar-refractivity contribution in [1.29, 1.82) is 0 Å². The number of anilines is 1. The molecule has 1 N–H and O–H groups in total. The third-order valence-corrected chi connectivity index (χ3v) is 4.02. The van der Waals surface area contributed by atoms with Crippen LogP contribution >= 0.6 is 0 Å². The summed E-state index contributed by atoms with van der Waals surface area (Å²) in [5, 5.41) is 15.7. The van der Waals surface area contributed by atoms with Crippen molar-refractivity contribution < 1.29 is 0 Å². The van der Waals surface area contributed by atoms with Crippen molar-refractivity contribution in [2.75, 3.05) is 5.32 Å². The first-order valence-corrected chi connectivity index (χ1v) is 8.07. The monoisotopic (exact) mass is 330 g/mol. The first-order chi connectivity index (χ1) is 12.3. The maximum absolute atomic E-state index is 4.21. The van der Waals surface area contributed by atoms with E-state index in [0.717, 1.165) is 22.8 Å². The third kappa shape index (κ3) is 3.28. The van der Waals surface area contributed by atoms with Gasteiger partial charge in [-0.05, 0) is 23.3 Å². The molecule has 0 spiro atoms. The highest BCUT2D eigenvalue weighted by molar-refractivity contribution is 5.62. The van der Waals surface area contributed by atoms with E-state index in [1.54, 1.807) is 11.0 Å². The molecule has 6 heteroatoms. The molecular weight excluding hydrogens is 312 g/mol. The summed E-state index contributed by atoms with van der Waals surface area (Å²) >= 11 is 0. The Bertz CT molecular complexity index is 953. The molecule has 0 fully saturated rings. The Hall–Kier alpha value is -3.41. The molecule has 4 aromatic rings. The molecule has 6 nitrogen and oxygen atoms in total. The SMILES string of the molecule is Cn1cc(-c2ccc(CNc3nncn3-c3ccccc3)cc2)cn1. The number of para-hydroxylation sites is 1. The van der Waals surface area contributed by atoms with Crippen LogP contribution in [0.2, 0.25) is 0 Å². The van der Waals surface area contributed by atoms with E-state index in [4.69, 9.17) is 0 Å². The van der Waals surface area contributed by atoms with Crippen LogP contribution < -0.4 is 5.32 Å². The smallest absolute Gasteiger partial charge is 0.229 e. The normalized spacial score (nSPS) is 10.8. The van der Waals surface area contributed by atoms with Crippen LogP contribution in [-0.4, -0.2) is 24.5 Å². The highest BCUT2D eigenvalue weighted by Gasteiger charge is 2.06. The number of nitrogens with zero attached hydrogens (tertiary/aromatic N) is 5. The second-order valence-electron chi connectivity index (χ2n) is 5.81. The number of aromatic nitrogens is 5. The van der Waals surface area contributed by atoms with Crippen LogP contribution in [0.1, 0.15) is 5.56 Å². The van der Waals surface area contributed by atoms with Gasteiger partial charge in [-0.15, -0.1) is 10.2 Å². The van der Waals surface area contributed by atoms with Crippen LogP contribution in [0.4, 0.5) is 5.95 Å². The van der Waals surface area contributed by atoms with Crippen LogP contribution in [-0.2, 0) is 13.6 Å². The molecule has 0 bridgehead atoms. The Morgan fingerprint density at radius 3 is 2.48 bits per heavy atom. The molecule has 0 aliphatic heterocycles. The van der Waals surface area contributed by atoms with Gasteiger partial charge in [0.05, 0.1) is 11.9 Å². The first-order valence-electron chi connectivity index (χ1n) is 8.07. The summed E-state index contributed by atoms with van der Waals surface area (Å²) in [5.41, 5.74) is 4.48. The Morgan fingerprint density at radius 1 is 0.960 bits per heavy atom. The van der Waals surface area contributed by atoms with Gasteiger partial charge < -0.3 is 5.32 Å². The first kappa shape index (κ1) is 15.1. The number of benzene rings is 2. The number of hydrogen-bond donors (Lipinski definition) is 1. The van der Waals surface area contributed by atoms with Gasteiger partial charge in [-0.1, -0.05) is 42.5 Å². The molecule has 25 heavy (non-hydrogen) atoms. The fraction of sp³-hybridized carbons (Fsp3) is 0.105. The Labute approximate surface area is 145 Å². The zero-order chi connectivity index (χ0) is 17.1. The lowest BCUT2D eigenvalue weighted by Crippen LogP contribution is -2.06. The van der Waals surface area contributed by atoms with Crippen molar-refractivity contribution in [3.8, 4) is 16.8 Å². The number of rotatable bonds is 5. The highest BCUT2D eigenvalue weighted by atomic mass is 15.3. The summed E-state index contributed by atoms with van der Waals surface area (Å²) in [6, 6.07) is 18.5. The van der Waals surface area contributed by atoms with E-state index in [2.05, 4.69) is 44.9 Å². The predicted molar refractivity (Wildman–Crippen MR) is 97.3 cm³/mol. The Balaban J connectivity index is 1.47. The molecule has 0 saturated carbocycles. The van der Waals surface area contributed by atoms with E-state index in [9.17, 15) is 0 Å². The van der Waals surface area contributed by atoms with Gasteiger partial charge in [0.25, 0.3) is 0 Å². The maximum atomic E-state index is 4.21. The molecule has 0 unspecified atom stereocenters. The summed E-state index contributed by atoms with van der Waals surface area (Å²) in [6.07, 6.45) is 5.59. The number of aryl methyl sites for hydroxylation is 1. The van der Waals surface area contributed by atoms with Gasteiger partial charge >= 0.3 is 0 Å². The van der Waals surface area contributed by atoms with Crippen LogP contribution in [0.15, 0.2) is 73.3 Å². The molecule has 0 atom stereocenters. The molecular formula is C19H18N6. The molecule has 0 amide bonds. The fourth-order valence-corrected chi connectivity index (χ4v) is 2.70. The van der Waals surface area contributed by atoms with E-state index in [-0.39, 0.29) is 0 Å². The summed E-state index contributed by atoms with van der Waals surface area (Å²) in [4.78, 5) is 0. The van der Waals surface area contributed by atoms with Crippen molar-refractivity contribution >= 4 is 5.95 Å². The van der Waals surface area contributed by atoms with E-state index in [0.29, 0.717) is 6.54 Å². The molecule has 124 valence electrons. The van der Waals surface area contributed by atoms with Gasteiger partial charge in [-0.25, -0.2) is 0 Å². The van der Waals surface area contributed by atoms with Crippen molar-refractivity contribution in [2.24, 2.45) is 7.05 Å². The number of nitrogens with one attached hydrogen (secondary N) is 1. The van der Waals surface area contributed by atoms with Crippen molar-refractivity contribution in [1.82, 2.24) is 24.5 Å². The summed E-state index contributed by atoms with van der Waals surface area (Å²) in [7, 11) is 1.92. The molecule has 0 radical (unpaired) electrons. The molecule has 0 aliphatic carbocycles. The van der Waals surface area contributed by atoms with Gasteiger partial charge in [0.15, 0.2) is 0 Å². The standard InChI is InChI=1S/C19H18N6/c1-24-13-17(12-22-24)16-9-7-15(8-10-16)11-20-19-23-21-14-25(19)18-5-3-2-4-6-18/h2-10,12-14H,11H2,1H3,(H,20,23). The summed E-state index contributed by atoms with van der Waals surface area (Å²) < 4.78 is 3.74. The lowest BCUT2D eigenvalue weighted by Gasteiger charge is -2.09. The zero-order valence-corrected chi connectivity index (χ0v) is 13.9. The van der Waals surface area contributed by atoms with Crippen molar-refractivity contribution in [3.05, 3.63) is 78.9 Å². The van der Waals surface area contributed by atoms with Crippen molar-refractivity contribution in [3.63, 3.8) is 0 Å². The minimum Gasteiger partial charge on any atom is -0.350 e. The van der Waals surface area contributed by atoms with Crippen LogP contribution in [0.5, 0.6) is 0 Å². The van der Waals surface area contributed by atoms with E-state index >= 15 is 0 Å². The predicted octanol–water partition coefficient (Wildman–Crippen LogP) is 3.28. The summed E-state index contributed by atoms with van der Waals surface area (Å²) in [6.45, 7) is 0.679. The molecule has 2 aromatic heterocycles. The average molecular weight is 330 g/mol. The maximum Gasteiger partial charge on any atom is 0.229 e. The highest BCUT2D eigenvalue weighted by Crippen LogP contribution is 2.19. The minimum atomic E-state index is 0.679. The van der Waals surface area contributed by atoms with E-state index in [1.165, 1.54) is 5.56 Å². The lowest BCUT2D eigenvalue weighted by molar-refractivity contribution is 0.768. The zero-order valence-electron chi connectivity index (χ0n) is 13.9. The second kappa shape index (κ2) is 6.60. The van der Waals surface area contributed by atoms with Crippen LogP contribution in [0.25, 0.3) is 16.8 Å². The third-order valence-electron chi connectivity index (χ3n) is 4.02. The molecule has 2 heterocycles. The number of hydrogen-bond acceptors (Lipinski definition) is 4. The van der Waals surface area contributed by atoms with E-state index < -0.39 is 0 Å². The van der Waals surface area contributed by atoms with Gasteiger partial charge in [-0.2, -0.15) is 5.10 Å². The van der Waals surface area contributed by atoms with E-state index in [1.807, 2.05) is 54.3 Å². The average Bonchev–Trinajstić information content (AvgIpc) is 3.30. The topological polar surface area (TPSA) is 60.6 Å². The Morgan fingerprint density at radius 2 is 1.76 bits per heavy atom. The lowest BCUT2D eigenvalue weighted by atomic mass is 10.1. The Kier molecular flexibility index (Phi) is 4.00. The minimum absolute atomic E-state index is 0.679. The van der Waals surface area contributed by atoms with Gasteiger partial charge in [-0.3, -0.25) is 9.25 Å². The molecule has 2 aromatic carbocycles. The summed E-state index contributed by atoms with van der Waals surface area (Å²) in [5.74, 6) is 0.725. The second-order valence-corrected chi connectivity index (χ2v) is 5.81. The quantitative estimate of drug-likeness (QED) is 0.610. The largest absolute Gasteiger partial charge is 0.350 e. The van der Waals surface area contributed by atoms with Crippen molar-refractivity contribution in [2.45, 2.75) is 6.54 Å². The van der Waals surface area contributed by atoms with Crippen LogP contribution in [0.3, 0.4) is 0 Å². The van der Waals surface area contributed by atoms with Crippen LogP contribution in [0, 0.1) is 0 Å². The van der Waals surface area contributed by atoms with Gasteiger partial charge in [0.2, 0.25) is 5.95 Å².